The molecule has 0 spiro atoms. The smallest absolute Gasteiger partial charge is 0.147 e. The number of hydrogen-bond donors (Lipinski definition) is 0. The predicted molar refractivity (Wildman–Crippen MR) is 144 cm³/mol. The molecule has 3 heteroatoms. The summed E-state index contributed by atoms with van der Waals surface area (Å²) in [7, 11) is 0. The summed E-state index contributed by atoms with van der Waals surface area (Å²) in [6.45, 7) is 18.9. The van der Waals surface area contributed by atoms with Crippen molar-refractivity contribution in [3.05, 3.63) is 74.1 Å². The molecule has 0 atom stereocenters. The Labute approximate surface area is 215 Å². The van der Waals surface area contributed by atoms with Gasteiger partial charge in [-0.1, -0.05) is 0 Å². The molecule has 0 saturated carbocycles. The number of allylic oxidation sites excluding steroid dienone is 4. The van der Waals surface area contributed by atoms with Crippen LogP contribution < -0.4 is 3.27 Å². The molecule has 0 heterocycles. The minimum absolute atomic E-state index is 0. The van der Waals surface area contributed by atoms with E-state index in [0.717, 1.165) is 12.8 Å². The molecule has 2 aliphatic carbocycles. The van der Waals surface area contributed by atoms with E-state index in [-0.39, 0.29) is 35.6 Å². The fourth-order valence-corrected chi connectivity index (χ4v) is 13.1. The van der Waals surface area contributed by atoms with Gasteiger partial charge in [-0.15, -0.1) is 24.8 Å². The topological polar surface area (TPSA) is 0 Å². The van der Waals surface area contributed by atoms with Crippen molar-refractivity contribution in [3.63, 3.8) is 0 Å². The largest absolute Gasteiger partial charge is 0.147 e. The van der Waals surface area contributed by atoms with Gasteiger partial charge in [-0.2, -0.15) is 0 Å². The predicted octanol–water partition coefficient (Wildman–Crippen LogP) is 8.00. The molecule has 2 aromatic carbocycles. The van der Waals surface area contributed by atoms with Gasteiger partial charge in [-0.05, 0) is 0 Å². The molecule has 0 fully saturated rings. The van der Waals surface area contributed by atoms with E-state index in [9.17, 15) is 0 Å². The summed E-state index contributed by atoms with van der Waals surface area (Å²) in [4.78, 5) is 0. The van der Waals surface area contributed by atoms with E-state index in [2.05, 4.69) is 104 Å². The van der Waals surface area contributed by atoms with Gasteiger partial charge in [0.15, 0.2) is 0 Å². The zero-order chi connectivity index (χ0) is 21.8. The quantitative estimate of drug-likeness (QED) is 0.304. The average Bonchev–Trinajstić information content (AvgIpc) is 3.27. The Morgan fingerprint density at radius 2 is 1.50 bits per heavy atom. The van der Waals surface area contributed by atoms with Crippen LogP contribution in [-0.2, 0) is 38.5 Å². The molecular weight excluding hydrogens is 510 g/mol. The molecule has 0 N–H and O–H groups in total. The summed E-state index contributed by atoms with van der Waals surface area (Å²) in [6.07, 6.45) is 9.33. The minimum Gasteiger partial charge on any atom is -0.147 e. The van der Waals surface area contributed by atoms with E-state index in [4.69, 9.17) is 0 Å². The fraction of sp³-hybridized carbons (Fsp3) is 0.414. The molecule has 0 saturated heterocycles. The van der Waals surface area contributed by atoms with E-state index in [1.807, 2.05) is 0 Å². The first-order valence-corrected chi connectivity index (χ1v) is 15.0. The zero-order valence-corrected chi connectivity index (χ0v) is 24.9. The van der Waals surface area contributed by atoms with E-state index in [1.165, 1.54) is 22.3 Å². The minimum atomic E-state index is -2.10. The number of benzene rings is 2. The Kier molecular flexibility index (Phi) is 8.47. The third-order valence-corrected chi connectivity index (χ3v) is 14.2. The van der Waals surface area contributed by atoms with E-state index >= 15 is 0 Å². The first kappa shape index (κ1) is 27.5. The Balaban J connectivity index is 0.00000181. The standard InChI is InChI=1S/C21H25.C5H5.C3H6.2ClH.Zr/c1-20(2,3)16-7-9-18-14(12-16)11-15-13-17(21(4,5)6)8-10-19(15)18;1-2-4-5-3-1;1-3-2;;;/h7-10,12H,11H2,1-6H3;1-3H,4H2;1-2H3;2*1H;. The van der Waals surface area contributed by atoms with Gasteiger partial charge in [0.25, 0.3) is 0 Å². The summed E-state index contributed by atoms with van der Waals surface area (Å²) >= 11 is -2.10. The van der Waals surface area contributed by atoms with Crippen molar-refractivity contribution >= 4 is 31.3 Å². The maximum Gasteiger partial charge on any atom is -0.147 e. The normalized spacial score (nSPS) is 14.2. The molecule has 0 radical (unpaired) electrons. The van der Waals surface area contributed by atoms with Gasteiger partial charge >= 0.3 is 192 Å². The van der Waals surface area contributed by atoms with Crippen molar-refractivity contribution in [3.8, 4) is 11.1 Å². The summed E-state index contributed by atoms with van der Waals surface area (Å²) < 4.78 is 5.20. The zero-order valence-electron chi connectivity index (χ0n) is 20.8. The van der Waals surface area contributed by atoms with Gasteiger partial charge in [-0.3, -0.25) is 0 Å². The second kappa shape index (κ2) is 9.86. The van der Waals surface area contributed by atoms with Crippen LogP contribution >= 0.6 is 24.8 Å². The molecule has 172 valence electrons. The summed E-state index contributed by atoms with van der Waals surface area (Å²) in [5.41, 5.74) is 9.54. The molecule has 0 nitrogen and oxygen atoms in total. The maximum absolute atomic E-state index is 2.48. The van der Waals surface area contributed by atoms with Crippen LogP contribution in [-0.4, -0.2) is 3.21 Å². The maximum atomic E-state index is 2.48. The van der Waals surface area contributed by atoms with Gasteiger partial charge < -0.3 is 0 Å². The van der Waals surface area contributed by atoms with Crippen LogP contribution in [0.15, 0.2) is 51.8 Å². The summed E-state index contributed by atoms with van der Waals surface area (Å²) in [5, 5.41) is 0. The molecule has 2 aliphatic rings. The van der Waals surface area contributed by atoms with Crippen LogP contribution in [0.1, 0.15) is 84.1 Å². The second-order valence-electron chi connectivity index (χ2n) is 11.3. The molecule has 4 rings (SSSR count). The van der Waals surface area contributed by atoms with Gasteiger partial charge in [0, 0.05) is 0 Å². The molecule has 0 bridgehead atoms. The van der Waals surface area contributed by atoms with Crippen LogP contribution in [0, 0.1) is 0 Å². The average molecular weight is 549 g/mol. The Morgan fingerprint density at radius 1 is 0.844 bits per heavy atom. The van der Waals surface area contributed by atoms with Crippen molar-refractivity contribution in [2.45, 2.75) is 79.1 Å². The Morgan fingerprint density at radius 3 is 2.03 bits per heavy atom. The van der Waals surface area contributed by atoms with Crippen LogP contribution in [0.3, 0.4) is 0 Å². The van der Waals surface area contributed by atoms with Crippen molar-refractivity contribution in [2.24, 2.45) is 0 Å². The molecule has 0 unspecified atom stereocenters. The molecule has 32 heavy (non-hydrogen) atoms. The van der Waals surface area contributed by atoms with Crippen LogP contribution in [0.4, 0.5) is 0 Å². The second-order valence-corrected chi connectivity index (χ2v) is 18.4. The Bertz CT molecular complexity index is 1120. The van der Waals surface area contributed by atoms with E-state index < -0.39 is 21.3 Å². The number of rotatable bonds is 2. The van der Waals surface area contributed by atoms with Crippen LogP contribution in [0.2, 0.25) is 0 Å². The number of fused-ring (bicyclic) bond motifs is 3. The van der Waals surface area contributed by atoms with Crippen molar-refractivity contribution in [1.82, 2.24) is 0 Å². The molecule has 0 aromatic heterocycles. The van der Waals surface area contributed by atoms with E-state index in [1.54, 1.807) is 20.9 Å². The summed E-state index contributed by atoms with van der Waals surface area (Å²) in [6, 6.07) is 12.1. The van der Waals surface area contributed by atoms with Crippen molar-refractivity contribution in [2.75, 3.05) is 0 Å². The third kappa shape index (κ3) is 5.01. The third-order valence-electron chi connectivity index (χ3n) is 6.59. The number of hydrogen-bond acceptors (Lipinski definition) is 0. The van der Waals surface area contributed by atoms with Crippen molar-refractivity contribution < 1.29 is 21.3 Å². The number of halogens is 2. The molecule has 2 aromatic rings. The molecule has 0 aliphatic heterocycles. The fourth-order valence-electron chi connectivity index (χ4n) is 5.02. The van der Waals surface area contributed by atoms with Gasteiger partial charge in [0.1, 0.15) is 0 Å². The Hall–Kier alpha value is -0.747. The van der Waals surface area contributed by atoms with Crippen molar-refractivity contribution in [1.29, 1.82) is 0 Å². The van der Waals surface area contributed by atoms with Crippen LogP contribution in [0.5, 0.6) is 0 Å². The van der Waals surface area contributed by atoms with Gasteiger partial charge in [0.05, 0.1) is 0 Å². The van der Waals surface area contributed by atoms with E-state index in [0.29, 0.717) is 0 Å². The van der Waals surface area contributed by atoms with Gasteiger partial charge in [0.2, 0.25) is 0 Å². The molecular formula is C29H38Cl2Zr. The SMILES string of the molecule is C[C](C)=[Zr]([C]1=CC=CC1)[c]1c(C(C)(C)C)ccc2c1Cc1cc(C(C)(C)C)ccc1-2.Cl.Cl. The van der Waals surface area contributed by atoms with Gasteiger partial charge in [-0.25, -0.2) is 0 Å². The van der Waals surface area contributed by atoms with Crippen LogP contribution in [0.25, 0.3) is 11.1 Å². The monoisotopic (exact) mass is 546 g/mol. The first-order valence-electron chi connectivity index (χ1n) is 11.3. The molecule has 0 amide bonds. The first-order chi connectivity index (χ1) is 14.0. The summed E-state index contributed by atoms with van der Waals surface area (Å²) in [5.74, 6) is 0.